The second-order valence-corrected chi connectivity index (χ2v) is 7.49. The van der Waals surface area contributed by atoms with Gasteiger partial charge in [0.05, 0.1) is 11.7 Å². The molecule has 28 heavy (non-hydrogen) atoms. The van der Waals surface area contributed by atoms with Gasteiger partial charge >= 0.3 is 0 Å². The number of piperidine rings is 1. The van der Waals surface area contributed by atoms with E-state index in [1.807, 2.05) is 11.0 Å². The first kappa shape index (κ1) is 18.4. The summed E-state index contributed by atoms with van der Waals surface area (Å²) in [4.78, 5) is 23.1. The van der Waals surface area contributed by atoms with E-state index in [4.69, 9.17) is 4.98 Å². The largest absolute Gasteiger partial charge is 0.391 e. The van der Waals surface area contributed by atoms with Crippen LogP contribution in [0.2, 0.25) is 0 Å². The van der Waals surface area contributed by atoms with Crippen LogP contribution in [0.25, 0.3) is 0 Å². The normalized spacial score (nSPS) is 21.5. The highest BCUT2D eigenvalue weighted by molar-refractivity contribution is 5.94. The molecule has 0 saturated carbocycles. The van der Waals surface area contributed by atoms with Crippen LogP contribution in [0.1, 0.15) is 46.4 Å². The number of aryl methyl sites for hydroxylation is 2. The number of amides is 1. The Morgan fingerprint density at radius 2 is 2.04 bits per heavy atom. The van der Waals surface area contributed by atoms with E-state index in [1.54, 1.807) is 24.5 Å². The lowest BCUT2D eigenvalue weighted by Crippen LogP contribution is -2.53. The van der Waals surface area contributed by atoms with Gasteiger partial charge in [0.1, 0.15) is 11.9 Å². The number of aliphatic hydroxyl groups is 1. The zero-order valence-electron chi connectivity index (χ0n) is 15.6. The number of hydrogen-bond donors (Lipinski definition) is 2. The van der Waals surface area contributed by atoms with Crippen molar-refractivity contribution in [2.75, 3.05) is 18.0 Å². The molecule has 2 aromatic rings. The Balaban J connectivity index is 1.55. The molecule has 0 aromatic carbocycles. The predicted octanol–water partition coefficient (Wildman–Crippen LogP) is 1.60. The fraction of sp³-hybridized carbons (Fsp3) is 0.429. The van der Waals surface area contributed by atoms with E-state index < -0.39 is 6.10 Å². The van der Waals surface area contributed by atoms with Gasteiger partial charge in [0.25, 0.3) is 5.91 Å². The van der Waals surface area contributed by atoms with E-state index in [0.29, 0.717) is 36.5 Å². The highest BCUT2D eigenvalue weighted by Crippen LogP contribution is 2.28. The van der Waals surface area contributed by atoms with Gasteiger partial charge in [-0.05, 0) is 55.9 Å². The van der Waals surface area contributed by atoms with Crippen molar-refractivity contribution in [1.82, 2.24) is 15.3 Å². The van der Waals surface area contributed by atoms with Crippen LogP contribution in [0.4, 0.5) is 5.82 Å². The lowest BCUT2D eigenvalue weighted by atomic mass is 9.94. The number of aromatic nitrogens is 2. The van der Waals surface area contributed by atoms with Crippen molar-refractivity contribution < 1.29 is 9.90 Å². The van der Waals surface area contributed by atoms with Gasteiger partial charge in [-0.15, -0.1) is 0 Å². The van der Waals surface area contributed by atoms with Crippen LogP contribution in [0.3, 0.4) is 0 Å². The Kier molecular flexibility index (Phi) is 5.22. The minimum atomic E-state index is -0.596. The molecule has 2 aliphatic rings. The van der Waals surface area contributed by atoms with E-state index in [9.17, 15) is 15.2 Å². The topological polar surface area (TPSA) is 102 Å². The molecular weight excluding hydrogens is 354 g/mol. The summed E-state index contributed by atoms with van der Waals surface area (Å²) >= 11 is 0. The maximum Gasteiger partial charge on any atom is 0.251 e. The van der Waals surface area contributed by atoms with Crippen molar-refractivity contribution in [3.8, 4) is 6.07 Å². The van der Waals surface area contributed by atoms with Gasteiger partial charge in [-0.1, -0.05) is 0 Å². The van der Waals surface area contributed by atoms with Crippen molar-refractivity contribution in [2.24, 2.45) is 0 Å². The number of fused-ring (bicyclic) bond motifs is 1. The number of β-amino-alcohol motifs (C(OH)–C–C–N with tert-alkyl or cyclic N) is 1. The second-order valence-electron chi connectivity index (χ2n) is 7.49. The summed E-state index contributed by atoms with van der Waals surface area (Å²) in [7, 11) is 0. The number of nitrogens with one attached hydrogen (secondary N) is 1. The molecule has 7 nitrogen and oxygen atoms in total. The molecule has 144 valence electrons. The van der Waals surface area contributed by atoms with Crippen LogP contribution in [0.15, 0.2) is 30.6 Å². The standard InChI is InChI=1S/C21H23N5O2/c22-11-16-9-15-3-1-2-4-19(15)25-20(16)26-12-17(10-18(27)13-26)24-21(28)14-5-7-23-8-6-14/h5-9,17-18,27H,1-4,10,12-13H2,(H,24,28)/t17-,18+/m0/s1. The van der Waals surface area contributed by atoms with E-state index in [1.165, 1.54) is 0 Å². The van der Waals surface area contributed by atoms with Crippen molar-refractivity contribution in [1.29, 1.82) is 5.26 Å². The van der Waals surface area contributed by atoms with Crippen LogP contribution >= 0.6 is 0 Å². The summed E-state index contributed by atoms with van der Waals surface area (Å²) in [6.07, 6.45) is 7.15. The molecular formula is C21H23N5O2. The molecule has 0 radical (unpaired) electrons. The first-order chi connectivity index (χ1) is 13.6. The Labute approximate surface area is 164 Å². The number of rotatable bonds is 3. The summed E-state index contributed by atoms with van der Waals surface area (Å²) in [5, 5.41) is 23.0. The summed E-state index contributed by atoms with van der Waals surface area (Å²) < 4.78 is 0. The van der Waals surface area contributed by atoms with Gasteiger partial charge in [-0.3, -0.25) is 9.78 Å². The smallest absolute Gasteiger partial charge is 0.251 e. The zero-order chi connectivity index (χ0) is 19.5. The molecule has 2 aromatic heterocycles. The van der Waals surface area contributed by atoms with Crippen molar-refractivity contribution in [3.05, 3.63) is 53.0 Å². The number of aliphatic hydroxyl groups excluding tert-OH is 1. The Morgan fingerprint density at radius 3 is 2.82 bits per heavy atom. The average Bonchev–Trinajstić information content (AvgIpc) is 2.73. The summed E-state index contributed by atoms with van der Waals surface area (Å²) in [6.45, 7) is 0.913. The fourth-order valence-corrected chi connectivity index (χ4v) is 4.07. The summed E-state index contributed by atoms with van der Waals surface area (Å²) in [5.74, 6) is 0.422. The molecule has 1 aliphatic carbocycles. The molecule has 3 heterocycles. The molecule has 1 fully saturated rings. The Hall–Kier alpha value is -2.98. The van der Waals surface area contributed by atoms with Crippen LogP contribution in [-0.2, 0) is 12.8 Å². The minimum absolute atomic E-state index is 0.194. The number of nitriles is 1. The average molecular weight is 377 g/mol. The molecule has 0 spiro atoms. The number of hydrogen-bond acceptors (Lipinski definition) is 6. The lowest BCUT2D eigenvalue weighted by molar-refractivity contribution is 0.0894. The number of carbonyl (C=O) groups is 1. The molecule has 7 heteroatoms. The van der Waals surface area contributed by atoms with E-state index in [2.05, 4.69) is 16.4 Å². The molecule has 1 amide bonds. The molecule has 2 atom stereocenters. The molecule has 0 unspecified atom stereocenters. The first-order valence-corrected chi connectivity index (χ1v) is 9.71. The predicted molar refractivity (Wildman–Crippen MR) is 104 cm³/mol. The highest BCUT2D eigenvalue weighted by atomic mass is 16.3. The summed E-state index contributed by atoms with van der Waals surface area (Å²) in [6, 6.07) is 7.29. The van der Waals surface area contributed by atoms with Crippen molar-refractivity contribution in [2.45, 2.75) is 44.2 Å². The van der Waals surface area contributed by atoms with Crippen LogP contribution < -0.4 is 10.2 Å². The second kappa shape index (κ2) is 7.95. The molecule has 0 bridgehead atoms. The number of anilines is 1. The maximum atomic E-state index is 12.5. The summed E-state index contributed by atoms with van der Waals surface area (Å²) in [5.41, 5.74) is 3.28. The van der Waals surface area contributed by atoms with Crippen LogP contribution in [0.5, 0.6) is 0 Å². The molecule has 2 N–H and O–H groups in total. The monoisotopic (exact) mass is 377 g/mol. The quantitative estimate of drug-likeness (QED) is 0.842. The van der Waals surface area contributed by atoms with Gasteiger partial charge in [0, 0.05) is 42.8 Å². The third-order valence-corrected chi connectivity index (χ3v) is 5.41. The third-order valence-electron chi connectivity index (χ3n) is 5.41. The Bertz CT molecular complexity index is 909. The molecule has 4 rings (SSSR count). The zero-order valence-corrected chi connectivity index (χ0v) is 15.6. The van der Waals surface area contributed by atoms with Crippen molar-refractivity contribution >= 4 is 11.7 Å². The third kappa shape index (κ3) is 3.82. The van der Waals surface area contributed by atoms with Gasteiger partial charge in [-0.25, -0.2) is 4.98 Å². The van der Waals surface area contributed by atoms with Crippen LogP contribution in [-0.4, -0.2) is 46.2 Å². The minimum Gasteiger partial charge on any atom is -0.391 e. The number of carbonyl (C=O) groups excluding carboxylic acids is 1. The van der Waals surface area contributed by atoms with Gasteiger partial charge < -0.3 is 15.3 Å². The Morgan fingerprint density at radius 1 is 1.25 bits per heavy atom. The van der Waals surface area contributed by atoms with Crippen molar-refractivity contribution in [3.63, 3.8) is 0 Å². The first-order valence-electron chi connectivity index (χ1n) is 9.71. The molecule has 1 aliphatic heterocycles. The fourth-order valence-electron chi connectivity index (χ4n) is 4.07. The number of nitrogens with zero attached hydrogens (tertiary/aromatic N) is 4. The van der Waals surface area contributed by atoms with Gasteiger partial charge in [0.2, 0.25) is 0 Å². The van der Waals surface area contributed by atoms with Crippen LogP contribution in [0, 0.1) is 11.3 Å². The maximum absolute atomic E-state index is 12.5. The molecule has 1 saturated heterocycles. The van der Waals surface area contributed by atoms with Gasteiger partial charge in [0.15, 0.2) is 0 Å². The SMILES string of the molecule is N#Cc1cc2c(nc1N1C[C@H](O)C[C@H](NC(=O)c3ccncc3)C1)CCCC2. The van der Waals surface area contributed by atoms with E-state index in [-0.39, 0.29) is 11.9 Å². The lowest BCUT2D eigenvalue weighted by Gasteiger charge is -2.37. The number of pyridine rings is 2. The van der Waals surface area contributed by atoms with E-state index in [0.717, 1.165) is 36.9 Å². The highest BCUT2D eigenvalue weighted by Gasteiger charge is 2.30. The van der Waals surface area contributed by atoms with Gasteiger partial charge in [-0.2, -0.15) is 5.26 Å². The van der Waals surface area contributed by atoms with E-state index >= 15 is 0 Å².